The Kier molecular flexibility index (Phi) is 6.61. The predicted molar refractivity (Wildman–Crippen MR) is 103 cm³/mol. The van der Waals surface area contributed by atoms with Gasteiger partial charge in [-0.2, -0.15) is 26.3 Å². The summed E-state index contributed by atoms with van der Waals surface area (Å²) in [5, 5.41) is 7.64. The number of halogens is 6. The highest BCUT2D eigenvalue weighted by Crippen LogP contribution is 2.50. The van der Waals surface area contributed by atoms with Crippen LogP contribution in [-0.2, 0) is 20.2 Å². The average Bonchev–Trinajstić information content (AvgIpc) is 2.66. The van der Waals surface area contributed by atoms with E-state index >= 15 is 0 Å². The largest absolute Gasteiger partial charge is 0.430 e. The van der Waals surface area contributed by atoms with Gasteiger partial charge in [-0.05, 0) is 17.7 Å². The van der Waals surface area contributed by atoms with Gasteiger partial charge >= 0.3 is 12.4 Å². The van der Waals surface area contributed by atoms with E-state index in [1.54, 1.807) is 0 Å². The number of aliphatic hydroxyl groups is 1. The van der Waals surface area contributed by atoms with Crippen LogP contribution in [0.4, 0.5) is 26.3 Å². The first-order chi connectivity index (χ1) is 14.3. The topological polar surface area (TPSA) is 71.4 Å². The van der Waals surface area contributed by atoms with Crippen LogP contribution in [0, 0.1) is 5.41 Å². The molecular weight excluding hydrogens is 462 g/mol. The molecule has 1 unspecified atom stereocenters. The molecule has 0 radical (unpaired) electrons. The Bertz CT molecular complexity index is 1050. The number of ketones is 1. The smallest absolute Gasteiger partial charge is 0.369 e. The molecule has 32 heavy (non-hydrogen) atoms. The van der Waals surface area contributed by atoms with E-state index in [0.717, 1.165) is 0 Å². The number of benzene rings is 2. The Morgan fingerprint density at radius 1 is 0.812 bits per heavy atom. The summed E-state index contributed by atoms with van der Waals surface area (Å²) in [7, 11) is -4.40. The normalized spacial score (nSPS) is 14.8. The first kappa shape index (κ1) is 25.9. The SMILES string of the molecule is CC(C)(C)C(=O)C(c1ccc(C(O)(C(F)(F)F)C(F)(F)F)cc1)S(=O)(=O)c1ccccc1. The Balaban J connectivity index is 2.69. The number of rotatable bonds is 5. The van der Waals surface area contributed by atoms with Crippen LogP contribution in [0.15, 0.2) is 59.5 Å². The Morgan fingerprint density at radius 2 is 1.25 bits per heavy atom. The maximum Gasteiger partial charge on any atom is 0.430 e. The third-order valence-electron chi connectivity index (χ3n) is 4.81. The molecule has 1 atom stereocenters. The van der Waals surface area contributed by atoms with Gasteiger partial charge in [-0.1, -0.05) is 63.2 Å². The van der Waals surface area contributed by atoms with Gasteiger partial charge in [0, 0.05) is 11.0 Å². The molecule has 2 aromatic carbocycles. The standard InChI is InChI=1S/C21H20F6O4S/c1-18(2,3)17(28)16(32(30,31)15-7-5-4-6-8-15)13-9-11-14(12-10-13)19(29,20(22,23)24)21(25,26)27/h4-12,16,29H,1-3H3. The summed E-state index contributed by atoms with van der Waals surface area (Å²) < 4.78 is 105. The fourth-order valence-corrected chi connectivity index (χ4v) is 4.96. The van der Waals surface area contributed by atoms with Gasteiger partial charge in [-0.25, -0.2) is 8.42 Å². The van der Waals surface area contributed by atoms with Gasteiger partial charge < -0.3 is 5.11 Å². The summed E-state index contributed by atoms with van der Waals surface area (Å²) in [5.41, 5.74) is -8.26. The summed E-state index contributed by atoms with van der Waals surface area (Å²) in [6.45, 7) is 4.30. The van der Waals surface area contributed by atoms with Gasteiger partial charge in [0.25, 0.3) is 5.60 Å². The number of Topliss-reactive ketones (excluding diaryl/α,β-unsaturated/α-hetero) is 1. The maximum atomic E-state index is 13.2. The Hall–Kier alpha value is -2.40. The molecule has 0 aliphatic rings. The molecule has 0 amide bonds. The van der Waals surface area contributed by atoms with Crippen molar-refractivity contribution in [2.75, 3.05) is 0 Å². The van der Waals surface area contributed by atoms with E-state index in [1.807, 2.05) is 0 Å². The first-order valence-electron chi connectivity index (χ1n) is 9.14. The second kappa shape index (κ2) is 8.18. The number of carbonyl (C=O) groups excluding carboxylic acids is 1. The lowest BCUT2D eigenvalue weighted by molar-refractivity contribution is -0.376. The molecule has 0 saturated carbocycles. The molecule has 4 nitrogen and oxygen atoms in total. The Morgan fingerprint density at radius 3 is 1.62 bits per heavy atom. The average molecular weight is 482 g/mol. The van der Waals surface area contributed by atoms with Crippen LogP contribution in [0.5, 0.6) is 0 Å². The van der Waals surface area contributed by atoms with Crippen LogP contribution in [-0.4, -0.2) is 31.7 Å². The zero-order chi connectivity index (χ0) is 24.8. The van der Waals surface area contributed by atoms with Crippen molar-refractivity contribution in [2.24, 2.45) is 5.41 Å². The van der Waals surface area contributed by atoms with Crippen molar-refractivity contribution in [1.29, 1.82) is 0 Å². The van der Waals surface area contributed by atoms with Crippen LogP contribution in [0.3, 0.4) is 0 Å². The molecule has 0 aliphatic heterocycles. The third-order valence-corrected chi connectivity index (χ3v) is 6.85. The fraction of sp³-hybridized carbons (Fsp3) is 0.381. The van der Waals surface area contributed by atoms with E-state index in [9.17, 15) is 44.7 Å². The summed E-state index contributed by atoms with van der Waals surface area (Å²) in [6.07, 6.45) is -12.2. The van der Waals surface area contributed by atoms with Gasteiger partial charge in [-0.3, -0.25) is 4.79 Å². The van der Waals surface area contributed by atoms with E-state index in [1.165, 1.54) is 51.1 Å². The van der Waals surface area contributed by atoms with Crippen molar-refractivity contribution >= 4 is 15.6 Å². The molecule has 0 spiro atoms. The van der Waals surface area contributed by atoms with Crippen molar-refractivity contribution in [1.82, 2.24) is 0 Å². The van der Waals surface area contributed by atoms with Crippen molar-refractivity contribution < 1.29 is 44.7 Å². The monoisotopic (exact) mass is 482 g/mol. The molecule has 0 aromatic heterocycles. The van der Waals surface area contributed by atoms with Gasteiger partial charge in [0.1, 0.15) is 5.25 Å². The second-order valence-corrected chi connectivity index (χ2v) is 10.2. The van der Waals surface area contributed by atoms with E-state index in [2.05, 4.69) is 0 Å². The van der Waals surface area contributed by atoms with Crippen molar-refractivity contribution in [3.05, 3.63) is 65.7 Å². The predicted octanol–water partition coefficient (Wildman–Crippen LogP) is 5.13. The number of alkyl halides is 6. The van der Waals surface area contributed by atoms with Crippen molar-refractivity contribution in [3.8, 4) is 0 Å². The van der Waals surface area contributed by atoms with E-state index < -0.39 is 49.8 Å². The van der Waals surface area contributed by atoms with Crippen molar-refractivity contribution in [2.45, 2.75) is 48.9 Å². The highest BCUT2D eigenvalue weighted by molar-refractivity contribution is 7.92. The maximum absolute atomic E-state index is 13.2. The first-order valence-corrected chi connectivity index (χ1v) is 10.7. The quantitative estimate of drug-likeness (QED) is 0.600. The minimum atomic E-state index is -6.09. The molecule has 0 saturated heterocycles. The second-order valence-electron chi connectivity index (χ2n) is 8.18. The lowest BCUT2D eigenvalue weighted by atomic mass is 9.85. The van der Waals surface area contributed by atoms with Gasteiger partial charge in [0.05, 0.1) is 4.90 Å². The van der Waals surface area contributed by atoms with E-state index in [0.29, 0.717) is 24.3 Å². The van der Waals surface area contributed by atoms with Crippen LogP contribution in [0.25, 0.3) is 0 Å². The number of sulfone groups is 1. The summed E-state index contributed by atoms with van der Waals surface area (Å²) in [4.78, 5) is 12.8. The zero-order valence-corrected chi connectivity index (χ0v) is 17.9. The molecule has 0 heterocycles. The summed E-state index contributed by atoms with van der Waals surface area (Å²) in [6, 6.07) is 8.77. The van der Waals surface area contributed by atoms with Crippen LogP contribution in [0.1, 0.15) is 37.1 Å². The number of carbonyl (C=O) groups is 1. The van der Waals surface area contributed by atoms with Crippen LogP contribution < -0.4 is 0 Å². The van der Waals surface area contributed by atoms with Gasteiger partial charge in [-0.15, -0.1) is 0 Å². The summed E-state index contributed by atoms with van der Waals surface area (Å²) in [5.74, 6) is -0.809. The van der Waals surface area contributed by atoms with Crippen LogP contribution in [0.2, 0.25) is 0 Å². The lowest BCUT2D eigenvalue weighted by Gasteiger charge is -2.33. The van der Waals surface area contributed by atoms with E-state index in [-0.39, 0.29) is 10.5 Å². The minimum absolute atomic E-state index is 0.242. The molecule has 1 N–H and O–H groups in total. The lowest BCUT2D eigenvalue weighted by Crippen LogP contribution is -2.53. The molecule has 0 aliphatic carbocycles. The molecular formula is C21H20F6O4S. The van der Waals surface area contributed by atoms with E-state index in [4.69, 9.17) is 0 Å². The molecule has 11 heteroatoms. The zero-order valence-electron chi connectivity index (χ0n) is 17.1. The van der Waals surface area contributed by atoms with Crippen molar-refractivity contribution in [3.63, 3.8) is 0 Å². The van der Waals surface area contributed by atoms with Gasteiger partial charge in [0.15, 0.2) is 15.6 Å². The Labute approximate surface area is 180 Å². The molecule has 0 bridgehead atoms. The molecule has 0 fully saturated rings. The third kappa shape index (κ3) is 4.54. The van der Waals surface area contributed by atoms with Gasteiger partial charge in [0.2, 0.25) is 0 Å². The number of hydrogen-bond acceptors (Lipinski definition) is 4. The number of hydrogen-bond donors (Lipinski definition) is 1. The molecule has 2 aromatic rings. The summed E-state index contributed by atoms with van der Waals surface area (Å²) >= 11 is 0. The van der Waals surface area contributed by atoms with Crippen LogP contribution >= 0.6 is 0 Å². The molecule has 176 valence electrons. The molecule has 2 rings (SSSR count). The fourth-order valence-electron chi connectivity index (χ4n) is 3.00. The highest BCUT2D eigenvalue weighted by Gasteiger charge is 2.71. The minimum Gasteiger partial charge on any atom is -0.369 e. The highest BCUT2D eigenvalue weighted by atomic mass is 32.2.